The number of carbonyl (C=O) groups is 3. The normalized spacial score (nSPS) is 15.9. The molecule has 7 nitrogen and oxygen atoms in total. The van der Waals surface area contributed by atoms with Crippen LogP contribution >= 0.6 is 0 Å². The number of benzene rings is 1. The van der Waals surface area contributed by atoms with Crippen LogP contribution in [0, 0.1) is 5.41 Å². The monoisotopic (exact) mass is 348 g/mol. The number of hydrogen-bond donors (Lipinski definition) is 3. The summed E-state index contributed by atoms with van der Waals surface area (Å²) >= 11 is 0. The number of hydrogen-bond acceptors (Lipinski definition) is 4. The number of rotatable bonds is 6. The molecule has 1 fully saturated rings. The molecule has 0 spiro atoms. The Hall–Kier alpha value is -2.57. The standard InChI is InChI=1S/C18H24N2O5/c1-2-25-17(24)20-14-8-6-13(7-9-14)19-15(21)12-18(16(22)23)10-4-3-5-11-18/h6-9H,2-5,10-12H2,1H3,(H,19,21)(H,20,24)(H,22,23). The van der Waals surface area contributed by atoms with Crippen molar-refractivity contribution in [3.05, 3.63) is 24.3 Å². The van der Waals surface area contributed by atoms with Crippen molar-refractivity contribution in [2.75, 3.05) is 17.2 Å². The highest BCUT2D eigenvalue weighted by Gasteiger charge is 2.41. The third-order valence-corrected chi connectivity index (χ3v) is 4.45. The maximum atomic E-state index is 12.3. The molecule has 2 rings (SSSR count). The van der Waals surface area contributed by atoms with E-state index in [0.29, 0.717) is 24.2 Å². The number of carboxylic acid groups (broad SMARTS) is 1. The molecule has 3 N–H and O–H groups in total. The van der Waals surface area contributed by atoms with Crippen LogP contribution in [0.2, 0.25) is 0 Å². The van der Waals surface area contributed by atoms with Crippen molar-refractivity contribution in [1.82, 2.24) is 0 Å². The average Bonchev–Trinajstić information content (AvgIpc) is 2.57. The lowest BCUT2D eigenvalue weighted by atomic mass is 9.71. The predicted octanol–water partition coefficient (Wildman–Crippen LogP) is 3.62. The van der Waals surface area contributed by atoms with Gasteiger partial charge in [-0.2, -0.15) is 0 Å². The summed E-state index contributed by atoms with van der Waals surface area (Å²) < 4.78 is 4.78. The molecular weight excluding hydrogens is 324 g/mol. The zero-order valence-electron chi connectivity index (χ0n) is 14.3. The van der Waals surface area contributed by atoms with E-state index in [-0.39, 0.29) is 18.9 Å². The molecule has 1 aromatic rings. The largest absolute Gasteiger partial charge is 0.481 e. The van der Waals surface area contributed by atoms with Crippen molar-refractivity contribution in [3.8, 4) is 0 Å². The number of carboxylic acids is 1. The number of ether oxygens (including phenoxy) is 1. The molecule has 1 aromatic carbocycles. The Labute approximate surface area is 146 Å². The Balaban J connectivity index is 1.93. The van der Waals surface area contributed by atoms with Gasteiger partial charge in [0.1, 0.15) is 0 Å². The summed E-state index contributed by atoms with van der Waals surface area (Å²) in [5.74, 6) is -1.20. The number of carbonyl (C=O) groups excluding carboxylic acids is 2. The molecule has 0 aromatic heterocycles. The second-order valence-electron chi connectivity index (χ2n) is 6.29. The van der Waals surface area contributed by atoms with Crippen LogP contribution in [0.5, 0.6) is 0 Å². The van der Waals surface area contributed by atoms with E-state index in [1.54, 1.807) is 31.2 Å². The highest BCUT2D eigenvalue weighted by atomic mass is 16.5. The van der Waals surface area contributed by atoms with E-state index in [4.69, 9.17) is 4.74 Å². The third kappa shape index (κ3) is 5.20. The van der Waals surface area contributed by atoms with E-state index >= 15 is 0 Å². The SMILES string of the molecule is CCOC(=O)Nc1ccc(NC(=O)CC2(C(=O)O)CCCCC2)cc1. The first kappa shape index (κ1) is 18.8. The van der Waals surface area contributed by atoms with Crippen LogP contribution < -0.4 is 10.6 Å². The van der Waals surface area contributed by atoms with E-state index < -0.39 is 17.5 Å². The van der Waals surface area contributed by atoms with Crippen LogP contribution in [0.15, 0.2) is 24.3 Å². The van der Waals surface area contributed by atoms with Gasteiger partial charge in [0, 0.05) is 17.8 Å². The van der Waals surface area contributed by atoms with Gasteiger partial charge in [-0.25, -0.2) is 4.79 Å². The lowest BCUT2D eigenvalue weighted by Gasteiger charge is -2.32. The Morgan fingerprint density at radius 3 is 2.12 bits per heavy atom. The van der Waals surface area contributed by atoms with Gasteiger partial charge in [0.15, 0.2) is 0 Å². The van der Waals surface area contributed by atoms with Crippen LogP contribution in [0.25, 0.3) is 0 Å². The predicted molar refractivity (Wildman–Crippen MR) is 93.5 cm³/mol. The number of aliphatic carboxylic acids is 1. The molecule has 1 aliphatic carbocycles. The molecule has 0 saturated heterocycles. The maximum absolute atomic E-state index is 12.3. The maximum Gasteiger partial charge on any atom is 0.411 e. The summed E-state index contributed by atoms with van der Waals surface area (Å²) in [6.07, 6.45) is 3.22. The van der Waals surface area contributed by atoms with Crippen molar-refractivity contribution < 1.29 is 24.2 Å². The Bertz CT molecular complexity index is 621. The van der Waals surface area contributed by atoms with Crippen molar-refractivity contribution in [1.29, 1.82) is 0 Å². The molecule has 0 unspecified atom stereocenters. The molecular formula is C18H24N2O5. The first-order valence-electron chi connectivity index (χ1n) is 8.52. The minimum atomic E-state index is -0.951. The van der Waals surface area contributed by atoms with Crippen LogP contribution in [-0.4, -0.2) is 29.7 Å². The zero-order valence-corrected chi connectivity index (χ0v) is 14.3. The highest BCUT2D eigenvalue weighted by molar-refractivity contribution is 5.94. The summed E-state index contributed by atoms with van der Waals surface area (Å²) in [5, 5.41) is 14.8. The molecule has 1 saturated carbocycles. The molecule has 1 aliphatic rings. The van der Waals surface area contributed by atoms with Crippen LogP contribution in [-0.2, 0) is 14.3 Å². The minimum Gasteiger partial charge on any atom is -0.481 e. The number of amides is 2. The second kappa shape index (κ2) is 8.50. The van der Waals surface area contributed by atoms with Crippen molar-refractivity contribution in [2.24, 2.45) is 5.41 Å². The van der Waals surface area contributed by atoms with Crippen LogP contribution in [0.3, 0.4) is 0 Å². The number of nitrogens with one attached hydrogen (secondary N) is 2. The van der Waals surface area contributed by atoms with E-state index in [1.807, 2.05) is 0 Å². The van der Waals surface area contributed by atoms with Crippen molar-refractivity contribution in [3.63, 3.8) is 0 Å². The van der Waals surface area contributed by atoms with Crippen LogP contribution in [0.1, 0.15) is 45.4 Å². The molecule has 7 heteroatoms. The third-order valence-electron chi connectivity index (χ3n) is 4.45. The van der Waals surface area contributed by atoms with Gasteiger partial charge in [-0.15, -0.1) is 0 Å². The minimum absolute atomic E-state index is 0.0227. The zero-order chi connectivity index (χ0) is 18.3. The van der Waals surface area contributed by atoms with Crippen molar-refractivity contribution in [2.45, 2.75) is 45.4 Å². The smallest absolute Gasteiger partial charge is 0.411 e. The fourth-order valence-corrected chi connectivity index (χ4v) is 3.13. The Morgan fingerprint density at radius 1 is 1.04 bits per heavy atom. The van der Waals surface area contributed by atoms with Gasteiger partial charge in [-0.05, 0) is 44.0 Å². The fraction of sp³-hybridized carbons (Fsp3) is 0.500. The quantitative estimate of drug-likeness (QED) is 0.728. The van der Waals surface area contributed by atoms with E-state index in [1.165, 1.54) is 0 Å². The van der Waals surface area contributed by atoms with Crippen LogP contribution in [0.4, 0.5) is 16.2 Å². The lowest BCUT2D eigenvalue weighted by Crippen LogP contribution is -2.37. The van der Waals surface area contributed by atoms with Gasteiger partial charge in [-0.1, -0.05) is 19.3 Å². The molecule has 0 heterocycles. The van der Waals surface area contributed by atoms with E-state index in [2.05, 4.69) is 10.6 Å². The molecule has 0 bridgehead atoms. The average molecular weight is 348 g/mol. The summed E-state index contributed by atoms with van der Waals surface area (Å²) in [7, 11) is 0. The Morgan fingerprint density at radius 2 is 1.60 bits per heavy atom. The first-order valence-corrected chi connectivity index (χ1v) is 8.52. The summed E-state index contributed by atoms with van der Waals surface area (Å²) in [4.78, 5) is 35.2. The van der Waals surface area contributed by atoms with E-state index in [0.717, 1.165) is 19.3 Å². The molecule has 0 radical (unpaired) electrons. The summed E-state index contributed by atoms with van der Waals surface area (Å²) in [6, 6.07) is 6.57. The first-order chi connectivity index (χ1) is 11.9. The van der Waals surface area contributed by atoms with Gasteiger partial charge < -0.3 is 15.2 Å². The topological polar surface area (TPSA) is 105 Å². The van der Waals surface area contributed by atoms with Gasteiger partial charge in [0.05, 0.1) is 12.0 Å². The number of anilines is 2. The summed E-state index contributed by atoms with van der Waals surface area (Å²) in [5.41, 5.74) is 0.148. The van der Waals surface area contributed by atoms with Gasteiger partial charge in [0.25, 0.3) is 0 Å². The van der Waals surface area contributed by atoms with Gasteiger partial charge in [-0.3, -0.25) is 14.9 Å². The highest BCUT2D eigenvalue weighted by Crippen LogP contribution is 2.39. The molecule has 25 heavy (non-hydrogen) atoms. The second-order valence-corrected chi connectivity index (χ2v) is 6.29. The molecule has 0 atom stereocenters. The summed E-state index contributed by atoms with van der Waals surface area (Å²) in [6.45, 7) is 2.00. The van der Waals surface area contributed by atoms with Gasteiger partial charge in [0.2, 0.25) is 5.91 Å². The fourth-order valence-electron chi connectivity index (χ4n) is 3.13. The molecule has 0 aliphatic heterocycles. The molecule has 136 valence electrons. The lowest BCUT2D eigenvalue weighted by molar-refractivity contribution is -0.153. The van der Waals surface area contributed by atoms with Gasteiger partial charge >= 0.3 is 12.1 Å². The van der Waals surface area contributed by atoms with Crippen molar-refractivity contribution >= 4 is 29.3 Å². The Kier molecular flexibility index (Phi) is 6.38. The molecule has 2 amide bonds. The van der Waals surface area contributed by atoms with E-state index in [9.17, 15) is 19.5 Å².